The summed E-state index contributed by atoms with van der Waals surface area (Å²) in [4.78, 5) is 20.5. The van der Waals surface area contributed by atoms with Gasteiger partial charge in [-0.15, -0.1) is 0 Å². The molecule has 0 saturated heterocycles. The molecule has 0 radical (unpaired) electrons. The lowest BCUT2D eigenvalue weighted by atomic mass is 10.1. The van der Waals surface area contributed by atoms with Crippen molar-refractivity contribution in [3.63, 3.8) is 0 Å². The van der Waals surface area contributed by atoms with Crippen LogP contribution in [0.5, 0.6) is 0 Å². The molecule has 20 heavy (non-hydrogen) atoms. The number of aryl methyl sites for hydroxylation is 2. The second kappa shape index (κ2) is 4.56. The SMILES string of the molecule is CC(=O)c1cccnc1-n1cnc2cc(C)c(C)cc21. The van der Waals surface area contributed by atoms with Crippen molar-refractivity contribution in [2.45, 2.75) is 20.8 Å². The van der Waals surface area contributed by atoms with Gasteiger partial charge in [0.15, 0.2) is 5.78 Å². The van der Waals surface area contributed by atoms with E-state index < -0.39 is 0 Å². The van der Waals surface area contributed by atoms with Gasteiger partial charge in [0.25, 0.3) is 0 Å². The van der Waals surface area contributed by atoms with Crippen LogP contribution in [0.15, 0.2) is 36.8 Å². The standard InChI is InChI=1S/C16H15N3O/c1-10-7-14-15(8-11(10)2)19(9-18-14)16-13(12(3)20)5-4-6-17-16/h4-9H,1-3H3. The van der Waals surface area contributed by atoms with Gasteiger partial charge < -0.3 is 0 Å². The van der Waals surface area contributed by atoms with Gasteiger partial charge in [-0.1, -0.05) is 0 Å². The highest BCUT2D eigenvalue weighted by Gasteiger charge is 2.13. The third-order valence-corrected chi connectivity index (χ3v) is 3.56. The van der Waals surface area contributed by atoms with E-state index in [1.54, 1.807) is 31.6 Å². The summed E-state index contributed by atoms with van der Waals surface area (Å²) >= 11 is 0. The summed E-state index contributed by atoms with van der Waals surface area (Å²) in [5.74, 6) is 0.629. The van der Waals surface area contributed by atoms with Crippen LogP contribution in [-0.4, -0.2) is 20.3 Å². The largest absolute Gasteiger partial charge is 0.294 e. The van der Waals surface area contributed by atoms with Gasteiger partial charge >= 0.3 is 0 Å². The first-order chi connectivity index (χ1) is 9.58. The Morgan fingerprint density at radius 2 is 1.90 bits per heavy atom. The van der Waals surface area contributed by atoms with E-state index in [9.17, 15) is 4.79 Å². The van der Waals surface area contributed by atoms with Gasteiger partial charge in [-0.2, -0.15) is 0 Å². The minimum absolute atomic E-state index is 0.00113. The molecule has 4 heteroatoms. The maximum atomic E-state index is 11.7. The first-order valence-corrected chi connectivity index (χ1v) is 6.48. The molecule has 4 nitrogen and oxygen atoms in total. The minimum Gasteiger partial charge on any atom is -0.294 e. The maximum absolute atomic E-state index is 11.7. The van der Waals surface area contributed by atoms with E-state index in [4.69, 9.17) is 0 Å². The average molecular weight is 265 g/mol. The lowest BCUT2D eigenvalue weighted by Crippen LogP contribution is -2.05. The molecule has 0 aliphatic heterocycles. The van der Waals surface area contributed by atoms with Crippen LogP contribution in [0.25, 0.3) is 16.9 Å². The van der Waals surface area contributed by atoms with Crippen LogP contribution in [0.3, 0.4) is 0 Å². The second-order valence-electron chi connectivity index (χ2n) is 4.97. The van der Waals surface area contributed by atoms with Crippen LogP contribution in [0.4, 0.5) is 0 Å². The molecule has 2 heterocycles. The number of benzene rings is 1. The summed E-state index contributed by atoms with van der Waals surface area (Å²) in [5.41, 5.74) is 4.88. The number of imidazole rings is 1. The molecular formula is C16H15N3O. The van der Waals surface area contributed by atoms with Crippen LogP contribution < -0.4 is 0 Å². The number of hydrogen-bond acceptors (Lipinski definition) is 3. The first-order valence-electron chi connectivity index (χ1n) is 6.48. The predicted molar refractivity (Wildman–Crippen MR) is 78.3 cm³/mol. The Morgan fingerprint density at radius 1 is 1.15 bits per heavy atom. The molecule has 0 unspecified atom stereocenters. The maximum Gasteiger partial charge on any atom is 0.163 e. The number of aromatic nitrogens is 3. The van der Waals surface area contributed by atoms with Gasteiger partial charge in [-0.25, -0.2) is 9.97 Å². The van der Waals surface area contributed by atoms with Crippen molar-refractivity contribution in [2.75, 3.05) is 0 Å². The number of hydrogen-bond donors (Lipinski definition) is 0. The Morgan fingerprint density at radius 3 is 2.65 bits per heavy atom. The van der Waals surface area contributed by atoms with E-state index in [1.165, 1.54) is 11.1 Å². The minimum atomic E-state index is -0.00113. The molecule has 0 aliphatic rings. The highest BCUT2D eigenvalue weighted by molar-refractivity contribution is 5.97. The first kappa shape index (κ1) is 12.5. The van der Waals surface area contributed by atoms with Crippen molar-refractivity contribution in [2.24, 2.45) is 0 Å². The fourth-order valence-electron chi connectivity index (χ4n) is 2.30. The third kappa shape index (κ3) is 1.90. The molecule has 0 amide bonds. The van der Waals surface area contributed by atoms with Crippen LogP contribution in [-0.2, 0) is 0 Å². The highest BCUT2D eigenvalue weighted by atomic mass is 16.1. The number of pyridine rings is 1. The summed E-state index contributed by atoms with van der Waals surface area (Å²) in [6.45, 7) is 5.68. The van der Waals surface area contributed by atoms with Crippen molar-refractivity contribution in [3.8, 4) is 5.82 Å². The van der Waals surface area contributed by atoms with E-state index in [2.05, 4.69) is 35.9 Å². The number of nitrogens with zero attached hydrogens (tertiary/aromatic N) is 3. The van der Waals surface area contributed by atoms with Gasteiger partial charge in [0.1, 0.15) is 12.1 Å². The zero-order valence-corrected chi connectivity index (χ0v) is 11.7. The summed E-state index contributed by atoms with van der Waals surface area (Å²) in [6, 6.07) is 7.69. The average Bonchev–Trinajstić information content (AvgIpc) is 2.82. The Bertz CT molecular complexity index is 818. The lowest BCUT2D eigenvalue weighted by molar-refractivity contribution is 0.101. The molecule has 0 N–H and O–H groups in total. The fraction of sp³-hybridized carbons (Fsp3) is 0.188. The van der Waals surface area contributed by atoms with E-state index in [0.717, 1.165) is 11.0 Å². The van der Waals surface area contributed by atoms with Gasteiger partial charge in [0.2, 0.25) is 0 Å². The molecule has 2 aromatic heterocycles. The fourth-order valence-corrected chi connectivity index (χ4v) is 2.30. The molecule has 1 aromatic carbocycles. The van der Waals surface area contributed by atoms with Gasteiger partial charge in [-0.05, 0) is 56.2 Å². The zero-order chi connectivity index (χ0) is 14.3. The van der Waals surface area contributed by atoms with Crippen LogP contribution in [0, 0.1) is 13.8 Å². The van der Waals surface area contributed by atoms with Crippen molar-refractivity contribution in [1.82, 2.24) is 14.5 Å². The Hall–Kier alpha value is -2.49. The van der Waals surface area contributed by atoms with Crippen molar-refractivity contribution < 1.29 is 4.79 Å². The van der Waals surface area contributed by atoms with Crippen molar-refractivity contribution >= 4 is 16.8 Å². The number of ketones is 1. The van der Waals surface area contributed by atoms with Crippen molar-refractivity contribution in [1.29, 1.82) is 0 Å². The van der Waals surface area contributed by atoms with Gasteiger partial charge in [0, 0.05) is 6.20 Å². The third-order valence-electron chi connectivity index (χ3n) is 3.56. The molecule has 3 aromatic rings. The normalized spacial score (nSPS) is 10.9. The molecule has 0 spiro atoms. The van der Waals surface area contributed by atoms with Gasteiger partial charge in [-0.3, -0.25) is 9.36 Å². The summed E-state index contributed by atoms with van der Waals surface area (Å²) in [5, 5.41) is 0. The molecule has 100 valence electrons. The van der Waals surface area contributed by atoms with E-state index in [-0.39, 0.29) is 5.78 Å². The highest BCUT2D eigenvalue weighted by Crippen LogP contribution is 2.22. The van der Waals surface area contributed by atoms with Crippen LogP contribution in [0.2, 0.25) is 0 Å². The Balaban J connectivity index is 2.31. The summed E-state index contributed by atoms with van der Waals surface area (Å²) in [6.07, 6.45) is 3.41. The summed E-state index contributed by atoms with van der Waals surface area (Å²) < 4.78 is 1.87. The molecule has 0 atom stereocenters. The number of fused-ring (bicyclic) bond motifs is 1. The van der Waals surface area contributed by atoms with Crippen molar-refractivity contribution in [3.05, 3.63) is 53.5 Å². The van der Waals surface area contributed by atoms with Crippen LogP contribution in [0.1, 0.15) is 28.4 Å². The second-order valence-corrected chi connectivity index (χ2v) is 4.97. The molecule has 3 rings (SSSR count). The molecule has 0 fully saturated rings. The van der Waals surface area contributed by atoms with Gasteiger partial charge in [0.05, 0.1) is 16.6 Å². The number of rotatable bonds is 2. The Labute approximate surface area is 117 Å². The molecular weight excluding hydrogens is 250 g/mol. The number of carbonyl (C=O) groups is 1. The predicted octanol–water partition coefficient (Wildman–Crippen LogP) is 3.24. The number of Topliss-reactive ketones (excluding diaryl/α,β-unsaturated/α-hetero) is 1. The quantitative estimate of drug-likeness (QED) is 0.668. The smallest absolute Gasteiger partial charge is 0.163 e. The monoisotopic (exact) mass is 265 g/mol. The lowest BCUT2D eigenvalue weighted by Gasteiger charge is -2.08. The zero-order valence-electron chi connectivity index (χ0n) is 11.7. The topological polar surface area (TPSA) is 47.8 Å². The molecule has 0 saturated carbocycles. The van der Waals surface area contributed by atoms with Crippen LogP contribution >= 0.6 is 0 Å². The summed E-state index contributed by atoms with van der Waals surface area (Å²) in [7, 11) is 0. The number of carbonyl (C=O) groups excluding carboxylic acids is 1. The van der Waals surface area contributed by atoms with E-state index in [0.29, 0.717) is 11.4 Å². The van der Waals surface area contributed by atoms with E-state index >= 15 is 0 Å². The van der Waals surface area contributed by atoms with E-state index in [1.807, 2.05) is 4.57 Å². The molecule has 0 bridgehead atoms. The molecule has 0 aliphatic carbocycles. The Kier molecular flexibility index (Phi) is 2.86.